The number of benzene rings is 2. The molecule has 0 atom stereocenters. The Bertz CT molecular complexity index is 829. The van der Waals surface area contributed by atoms with Gasteiger partial charge in [0, 0.05) is 37.3 Å². The molecule has 26 heavy (non-hydrogen) atoms. The molecule has 0 spiro atoms. The number of carbonyl (C=O) groups is 1. The van der Waals surface area contributed by atoms with Gasteiger partial charge in [-0.05, 0) is 36.2 Å². The molecule has 134 valence electrons. The van der Waals surface area contributed by atoms with E-state index in [4.69, 9.17) is 4.74 Å². The number of nitrogens with zero attached hydrogens (tertiary/aromatic N) is 2. The van der Waals surface area contributed by atoms with Gasteiger partial charge in [0.2, 0.25) is 0 Å². The molecule has 0 saturated heterocycles. The van der Waals surface area contributed by atoms with Crippen LogP contribution in [0.4, 0.5) is 10.5 Å². The molecule has 0 aliphatic rings. The van der Waals surface area contributed by atoms with E-state index in [9.17, 15) is 4.79 Å². The summed E-state index contributed by atoms with van der Waals surface area (Å²) >= 11 is 0. The third kappa shape index (κ3) is 4.70. The summed E-state index contributed by atoms with van der Waals surface area (Å²) in [6, 6.07) is 17.4. The molecular weight excluding hydrogens is 328 g/mol. The van der Waals surface area contributed by atoms with Crippen molar-refractivity contribution in [1.29, 1.82) is 0 Å². The highest BCUT2D eigenvalue weighted by molar-refractivity contribution is 5.90. The summed E-state index contributed by atoms with van der Waals surface area (Å²) in [5.74, 6) is 0. The van der Waals surface area contributed by atoms with Crippen LogP contribution < -0.4 is 10.6 Å². The molecule has 0 radical (unpaired) electrons. The van der Waals surface area contributed by atoms with E-state index in [2.05, 4.69) is 15.7 Å². The molecule has 1 heterocycles. The predicted octanol–water partition coefficient (Wildman–Crippen LogP) is 3.38. The van der Waals surface area contributed by atoms with Crippen LogP contribution in [-0.4, -0.2) is 29.5 Å². The molecule has 2 N–H and O–H groups in total. The number of ether oxygens (including phenoxy) is 1. The lowest BCUT2D eigenvalue weighted by Gasteiger charge is -2.11. The lowest BCUT2D eigenvalue weighted by atomic mass is 10.1. The second kappa shape index (κ2) is 8.82. The van der Waals surface area contributed by atoms with Gasteiger partial charge in [-0.15, -0.1) is 0 Å². The number of carbonyl (C=O) groups excluding carboxylic acids is 1. The average molecular weight is 350 g/mol. The highest BCUT2D eigenvalue weighted by atomic mass is 16.5. The Kier molecular flexibility index (Phi) is 6.01. The third-order valence-electron chi connectivity index (χ3n) is 3.97. The van der Waals surface area contributed by atoms with Crippen LogP contribution in [0, 0.1) is 0 Å². The second-order valence-electron chi connectivity index (χ2n) is 5.84. The number of nitrogens with one attached hydrogen (secondary N) is 2. The molecule has 3 rings (SSSR count). The Morgan fingerprint density at radius 2 is 1.92 bits per heavy atom. The first-order valence-electron chi connectivity index (χ1n) is 8.47. The Balaban J connectivity index is 1.48. The van der Waals surface area contributed by atoms with Gasteiger partial charge in [-0.25, -0.2) is 9.48 Å². The molecule has 2 amide bonds. The van der Waals surface area contributed by atoms with Crippen molar-refractivity contribution in [3.8, 4) is 5.69 Å². The van der Waals surface area contributed by atoms with Gasteiger partial charge >= 0.3 is 6.03 Å². The maximum absolute atomic E-state index is 12.1. The number of amides is 2. The van der Waals surface area contributed by atoms with Crippen molar-refractivity contribution in [2.75, 3.05) is 19.0 Å². The Morgan fingerprint density at radius 1 is 1.12 bits per heavy atom. The molecule has 0 fully saturated rings. The number of anilines is 1. The van der Waals surface area contributed by atoms with Gasteiger partial charge in [-0.2, -0.15) is 5.10 Å². The number of rotatable bonds is 7. The standard InChI is InChI=1S/C20H22N4O2/c1-26-15-17-5-2-3-6-19(17)23-20(25)21-13-11-16-7-9-18(10-8-16)24-14-4-12-22-24/h2-10,12,14H,11,13,15H2,1H3,(H2,21,23,25). The first kappa shape index (κ1) is 17.7. The number of methoxy groups -OCH3 is 1. The highest BCUT2D eigenvalue weighted by Gasteiger charge is 2.06. The monoisotopic (exact) mass is 350 g/mol. The summed E-state index contributed by atoms with van der Waals surface area (Å²) < 4.78 is 6.96. The lowest BCUT2D eigenvalue weighted by molar-refractivity contribution is 0.185. The summed E-state index contributed by atoms with van der Waals surface area (Å²) in [5, 5.41) is 9.95. The van der Waals surface area contributed by atoms with E-state index in [0.29, 0.717) is 13.2 Å². The molecule has 1 aromatic heterocycles. The van der Waals surface area contributed by atoms with Crippen LogP contribution in [0.3, 0.4) is 0 Å². The fourth-order valence-corrected chi connectivity index (χ4v) is 2.65. The Morgan fingerprint density at radius 3 is 2.65 bits per heavy atom. The van der Waals surface area contributed by atoms with Crippen LogP contribution >= 0.6 is 0 Å². The minimum atomic E-state index is -0.221. The zero-order chi connectivity index (χ0) is 18.2. The smallest absolute Gasteiger partial charge is 0.319 e. The minimum absolute atomic E-state index is 0.221. The largest absolute Gasteiger partial charge is 0.380 e. The van der Waals surface area contributed by atoms with E-state index in [-0.39, 0.29) is 6.03 Å². The lowest BCUT2D eigenvalue weighted by Crippen LogP contribution is -2.30. The summed E-state index contributed by atoms with van der Waals surface area (Å²) in [5.41, 5.74) is 3.87. The van der Waals surface area contributed by atoms with E-state index in [1.165, 1.54) is 0 Å². The Labute approximate surface area is 152 Å². The van der Waals surface area contributed by atoms with Gasteiger partial charge in [-0.3, -0.25) is 0 Å². The van der Waals surface area contributed by atoms with Crippen molar-refractivity contribution in [2.45, 2.75) is 13.0 Å². The fraction of sp³-hybridized carbons (Fsp3) is 0.200. The number of aromatic nitrogens is 2. The van der Waals surface area contributed by atoms with E-state index >= 15 is 0 Å². The molecule has 0 saturated carbocycles. The van der Waals surface area contributed by atoms with Crippen molar-refractivity contribution >= 4 is 11.7 Å². The topological polar surface area (TPSA) is 68.2 Å². The van der Waals surface area contributed by atoms with Crippen molar-refractivity contribution < 1.29 is 9.53 Å². The molecule has 0 aliphatic heterocycles. The van der Waals surface area contributed by atoms with Crippen LogP contribution in [0.5, 0.6) is 0 Å². The van der Waals surface area contributed by atoms with Crippen molar-refractivity contribution in [2.24, 2.45) is 0 Å². The number of hydrogen-bond donors (Lipinski definition) is 2. The van der Waals surface area contributed by atoms with Crippen LogP contribution in [0.15, 0.2) is 67.0 Å². The minimum Gasteiger partial charge on any atom is -0.380 e. The summed E-state index contributed by atoms with van der Waals surface area (Å²) in [6.07, 6.45) is 4.41. The summed E-state index contributed by atoms with van der Waals surface area (Å²) in [4.78, 5) is 12.1. The number of para-hydroxylation sites is 1. The highest BCUT2D eigenvalue weighted by Crippen LogP contribution is 2.15. The summed E-state index contributed by atoms with van der Waals surface area (Å²) in [6.45, 7) is 1.01. The molecule has 6 heteroatoms. The van der Waals surface area contributed by atoms with Gasteiger partial charge in [0.15, 0.2) is 0 Å². The number of urea groups is 1. The van der Waals surface area contributed by atoms with Crippen molar-refractivity contribution in [1.82, 2.24) is 15.1 Å². The molecule has 0 aliphatic carbocycles. The molecular formula is C20H22N4O2. The van der Waals surface area contributed by atoms with Crippen molar-refractivity contribution in [3.05, 3.63) is 78.1 Å². The molecule has 2 aromatic carbocycles. The van der Waals surface area contributed by atoms with Crippen LogP contribution in [0.1, 0.15) is 11.1 Å². The molecule has 6 nitrogen and oxygen atoms in total. The van der Waals surface area contributed by atoms with Gasteiger partial charge in [-0.1, -0.05) is 30.3 Å². The van der Waals surface area contributed by atoms with E-state index in [1.54, 1.807) is 13.3 Å². The van der Waals surface area contributed by atoms with Gasteiger partial charge < -0.3 is 15.4 Å². The zero-order valence-electron chi connectivity index (χ0n) is 14.7. The maximum atomic E-state index is 12.1. The van der Waals surface area contributed by atoms with E-state index < -0.39 is 0 Å². The van der Waals surface area contributed by atoms with Crippen molar-refractivity contribution in [3.63, 3.8) is 0 Å². The van der Waals surface area contributed by atoms with Crippen LogP contribution in [0.25, 0.3) is 5.69 Å². The van der Waals surface area contributed by atoms with Crippen LogP contribution in [0.2, 0.25) is 0 Å². The number of hydrogen-bond acceptors (Lipinski definition) is 3. The normalized spacial score (nSPS) is 10.5. The quantitative estimate of drug-likeness (QED) is 0.686. The molecule has 0 bridgehead atoms. The van der Waals surface area contributed by atoms with Gasteiger partial charge in [0.1, 0.15) is 0 Å². The maximum Gasteiger partial charge on any atom is 0.319 e. The second-order valence-corrected chi connectivity index (χ2v) is 5.84. The van der Waals surface area contributed by atoms with E-state index in [0.717, 1.165) is 28.9 Å². The average Bonchev–Trinajstić information content (AvgIpc) is 3.19. The molecule has 3 aromatic rings. The van der Waals surface area contributed by atoms with Gasteiger partial charge in [0.25, 0.3) is 0 Å². The Hall–Kier alpha value is -3.12. The fourth-order valence-electron chi connectivity index (χ4n) is 2.65. The SMILES string of the molecule is COCc1ccccc1NC(=O)NCCc1ccc(-n2cccn2)cc1. The van der Waals surface area contributed by atoms with Crippen LogP contribution in [-0.2, 0) is 17.8 Å². The zero-order valence-corrected chi connectivity index (χ0v) is 14.7. The molecule has 0 unspecified atom stereocenters. The first-order chi connectivity index (χ1) is 12.8. The summed E-state index contributed by atoms with van der Waals surface area (Å²) in [7, 11) is 1.63. The predicted molar refractivity (Wildman–Crippen MR) is 101 cm³/mol. The third-order valence-corrected chi connectivity index (χ3v) is 3.97. The van der Waals surface area contributed by atoms with E-state index in [1.807, 2.05) is 65.5 Å². The first-order valence-corrected chi connectivity index (χ1v) is 8.47. The van der Waals surface area contributed by atoms with Gasteiger partial charge in [0.05, 0.1) is 12.3 Å².